The van der Waals surface area contributed by atoms with Crippen molar-refractivity contribution in [3.05, 3.63) is 24.2 Å². The first-order valence-corrected chi connectivity index (χ1v) is 8.03. The van der Waals surface area contributed by atoms with E-state index in [1.165, 1.54) is 6.26 Å². The van der Waals surface area contributed by atoms with Crippen molar-refractivity contribution >= 4 is 17.7 Å². The minimum Gasteiger partial charge on any atom is -0.459 e. The average molecular weight is 319 g/mol. The van der Waals surface area contributed by atoms with Gasteiger partial charge >= 0.3 is 0 Å². The van der Waals surface area contributed by atoms with E-state index < -0.39 is 0 Å². The first kappa shape index (κ1) is 15.6. The molecule has 1 saturated carbocycles. The van der Waals surface area contributed by atoms with Gasteiger partial charge in [-0.2, -0.15) is 0 Å². The molecule has 1 aromatic rings. The number of hydrogen-bond donors (Lipinski definition) is 1. The van der Waals surface area contributed by atoms with Gasteiger partial charge in [0.15, 0.2) is 5.76 Å². The summed E-state index contributed by atoms with van der Waals surface area (Å²) in [6.07, 6.45) is 3.70. The molecule has 0 radical (unpaired) electrons. The van der Waals surface area contributed by atoms with Gasteiger partial charge in [0.25, 0.3) is 5.91 Å². The highest BCUT2D eigenvalue weighted by molar-refractivity contribution is 5.91. The molecular weight excluding hydrogens is 298 g/mol. The molecule has 1 aromatic heterocycles. The zero-order valence-corrected chi connectivity index (χ0v) is 13.0. The van der Waals surface area contributed by atoms with Gasteiger partial charge in [0.05, 0.1) is 6.26 Å². The van der Waals surface area contributed by atoms with Crippen LogP contribution >= 0.6 is 0 Å². The molecule has 2 fully saturated rings. The van der Waals surface area contributed by atoms with Crippen LogP contribution in [0.3, 0.4) is 0 Å². The lowest BCUT2D eigenvalue weighted by atomic mass is 10.2. The van der Waals surface area contributed by atoms with E-state index in [0.29, 0.717) is 26.2 Å². The van der Waals surface area contributed by atoms with Crippen LogP contribution in [0, 0.1) is 5.92 Å². The fraction of sp³-hybridized carbons (Fsp3) is 0.562. The molecular formula is C16H21N3O4. The van der Waals surface area contributed by atoms with E-state index in [2.05, 4.69) is 5.32 Å². The predicted molar refractivity (Wildman–Crippen MR) is 81.5 cm³/mol. The smallest absolute Gasteiger partial charge is 0.286 e. The lowest BCUT2D eigenvalue weighted by Crippen LogP contribution is -2.51. The zero-order chi connectivity index (χ0) is 16.2. The number of amides is 3. The van der Waals surface area contributed by atoms with E-state index in [1.807, 2.05) is 4.90 Å². The Morgan fingerprint density at radius 2 is 1.83 bits per heavy atom. The molecule has 2 aliphatic rings. The van der Waals surface area contributed by atoms with Crippen molar-refractivity contribution in [2.24, 2.45) is 5.92 Å². The molecule has 3 amide bonds. The highest BCUT2D eigenvalue weighted by Crippen LogP contribution is 2.31. The first-order valence-electron chi connectivity index (χ1n) is 8.03. The molecule has 7 heteroatoms. The molecule has 2 heterocycles. The third-order valence-electron chi connectivity index (χ3n) is 4.24. The fourth-order valence-electron chi connectivity index (χ4n) is 2.70. The maximum Gasteiger partial charge on any atom is 0.286 e. The van der Waals surface area contributed by atoms with Gasteiger partial charge in [-0.25, -0.2) is 0 Å². The van der Waals surface area contributed by atoms with Gasteiger partial charge in [0.1, 0.15) is 0 Å². The van der Waals surface area contributed by atoms with Crippen LogP contribution in [0.15, 0.2) is 22.8 Å². The largest absolute Gasteiger partial charge is 0.459 e. The van der Waals surface area contributed by atoms with Crippen LogP contribution in [0.5, 0.6) is 0 Å². The van der Waals surface area contributed by atoms with E-state index in [1.54, 1.807) is 17.0 Å². The van der Waals surface area contributed by atoms with Gasteiger partial charge < -0.3 is 19.5 Å². The van der Waals surface area contributed by atoms with Crippen LogP contribution in [0.4, 0.5) is 0 Å². The van der Waals surface area contributed by atoms with E-state index in [4.69, 9.17) is 4.42 Å². The average Bonchev–Trinajstić information content (AvgIpc) is 3.28. The molecule has 1 saturated heterocycles. The molecule has 23 heavy (non-hydrogen) atoms. The minimum absolute atomic E-state index is 0.00302. The Bertz CT molecular complexity index is 572. The second-order valence-electron chi connectivity index (χ2n) is 5.96. The van der Waals surface area contributed by atoms with Crippen molar-refractivity contribution in [1.82, 2.24) is 15.1 Å². The number of furan rings is 1. The highest BCUT2D eigenvalue weighted by atomic mass is 16.3. The van der Waals surface area contributed by atoms with Crippen LogP contribution in [-0.4, -0.2) is 60.2 Å². The van der Waals surface area contributed by atoms with Gasteiger partial charge in [-0.3, -0.25) is 14.4 Å². The lowest BCUT2D eigenvalue weighted by molar-refractivity contribution is -0.140. The minimum atomic E-state index is -0.317. The topological polar surface area (TPSA) is 82.9 Å². The van der Waals surface area contributed by atoms with Gasteiger partial charge in [-0.15, -0.1) is 0 Å². The summed E-state index contributed by atoms with van der Waals surface area (Å²) in [6, 6.07) is 3.22. The van der Waals surface area contributed by atoms with Crippen LogP contribution in [0.1, 0.15) is 29.8 Å². The van der Waals surface area contributed by atoms with Crippen LogP contribution in [0.2, 0.25) is 0 Å². The normalized spacial score (nSPS) is 17.9. The molecule has 1 aliphatic carbocycles. The molecule has 124 valence electrons. The van der Waals surface area contributed by atoms with E-state index in [9.17, 15) is 14.4 Å². The fourth-order valence-corrected chi connectivity index (χ4v) is 2.70. The molecule has 3 rings (SSSR count). The summed E-state index contributed by atoms with van der Waals surface area (Å²) in [6.45, 7) is 2.64. The summed E-state index contributed by atoms with van der Waals surface area (Å²) in [5, 5.41) is 2.66. The van der Waals surface area contributed by atoms with Crippen LogP contribution in [-0.2, 0) is 9.59 Å². The number of carbonyl (C=O) groups excluding carboxylic acids is 3. The molecule has 0 unspecified atom stereocenters. The van der Waals surface area contributed by atoms with Gasteiger partial charge in [-0.1, -0.05) is 0 Å². The molecule has 0 bridgehead atoms. The van der Waals surface area contributed by atoms with E-state index in [-0.39, 0.29) is 42.4 Å². The van der Waals surface area contributed by atoms with Gasteiger partial charge in [0, 0.05) is 45.1 Å². The van der Waals surface area contributed by atoms with Crippen molar-refractivity contribution in [1.29, 1.82) is 0 Å². The third kappa shape index (κ3) is 3.91. The first-order chi connectivity index (χ1) is 11.1. The predicted octanol–water partition coefficient (Wildman–Crippen LogP) is 0.480. The van der Waals surface area contributed by atoms with Crippen LogP contribution in [0.25, 0.3) is 0 Å². The summed E-state index contributed by atoms with van der Waals surface area (Å²) in [5.41, 5.74) is 0. The summed E-state index contributed by atoms with van der Waals surface area (Å²) < 4.78 is 4.98. The number of carbonyl (C=O) groups is 3. The molecule has 7 nitrogen and oxygen atoms in total. The summed E-state index contributed by atoms with van der Waals surface area (Å²) in [4.78, 5) is 39.4. The van der Waals surface area contributed by atoms with Crippen molar-refractivity contribution in [2.75, 3.05) is 32.7 Å². The maximum absolute atomic E-state index is 12.1. The third-order valence-corrected chi connectivity index (χ3v) is 4.24. The number of hydrogen-bond acceptors (Lipinski definition) is 4. The second-order valence-corrected chi connectivity index (χ2v) is 5.96. The van der Waals surface area contributed by atoms with Crippen LogP contribution < -0.4 is 5.32 Å². The maximum atomic E-state index is 12.1. The lowest BCUT2D eigenvalue weighted by Gasteiger charge is -2.35. The number of nitrogens with zero attached hydrogens (tertiary/aromatic N) is 2. The monoisotopic (exact) mass is 319 g/mol. The zero-order valence-electron chi connectivity index (χ0n) is 13.0. The summed E-state index contributed by atoms with van der Waals surface area (Å²) in [5.74, 6) is 0.396. The quantitative estimate of drug-likeness (QED) is 0.856. The number of rotatable bonds is 5. The standard InChI is InChI=1S/C16H21N3O4/c20-14(5-6-17-15(21)13-2-1-11-23-13)18-7-9-19(10-8-18)16(22)12-3-4-12/h1-2,11-12H,3-10H2,(H,17,21). The molecule has 0 atom stereocenters. The Hall–Kier alpha value is -2.31. The van der Waals surface area contributed by atoms with Gasteiger partial charge in [0.2, 0.25) is 11.8 Å². The Balaban J connectivity index is 1.36. The highest BCUT2D eigenvalue weighted by Gasteiger charge is 2.35. The Labute approximate surface area is 134 Å². The van der Waals surface area contributed by atoms with Crippen molar-refractivity contribution in [3.8, 4) is 0 Å². The summed E-state index contributed by atoms with van der Waals surface area (Å²) >= 11 is 0. The molecule has 0 spiro atoms. The molecule has 0 aromatic carbocycles. The second kappa shape index (κ2) is 6.85. The Morgan fingerprint density at radius 1 is 1.13 bits per heavy atom. The van der Waals surface area contributed by atoms with Gasteiger partial charge in [-0.05, 0) is 25.0 Å². The Morgan fingerprint density at radius 3 is 2.43 bits per heavy atom. The van der Waals surface area contributed by atoms with E-state index >= 15 is 0 Å². The SMILES string of the molecule is O=C(NCCC(=O)N1CCN(C(=O)C2CC2)CC1)c1ccco1. The number of nitrogens with one attached hydrogen (secondary N) is 1. The number of piperazine rings is 1. The summed E-state index contributed by atoms with van der Waals surface area (Å²) in [7, 11) is 0. The van der Waals surface area contributed by atoms with Crippen molar-refractivity contribution in [3.63, 3.8) is 0 Å². The molecule has 1 aliphatic heterocycles. The molecule has 1 N–H and O–H groups in total. The van der Waals surface area contributed by atoms with Crippen molar-refractivity contribution < 1.29 is 18.8 Å². The van der Waals surface area contributed by atoms with Crippen molar-refractivity contribution in [2.45, 2.75) is 19.3 Å². The Kier molecular flexibility index (Phi) is 4.64. The van der Waals surface area contributed by atoms with E-state index in [0.717, 1.165) is 12.8 Å².